The first-order valence-electron chi connectivity index (χ1n) is 5.38. The van der Waals surface area contributed by atoms with Gasteiger partial charge in [0.25, 0.3) is 0 Å². The molecule has 0 aliphatic heterocycles. The Morgan fingerprint density at radius 1 is 1.35 bits per heavy atom. The Hall–Kier alpha value is -1.69. The van der Waals surface area contributed by atoms with Crippen LogP contribution in [0.15, 0.2) is 18.6 Å². The molecular formula is C11H14N4OS. The van der Waals surface area contributed by atoms with Crippen LogP contribution in [0.2, 0.25) is 0 Å². The fourth-order valence-corrected chi connectivity index (χ4v) is 2.04. The third-order valence-corrected chi connectivity index (χ3v) is 2.94. The molecule has 2 aromatic rings. The zero-order valence-corrected chi connectivity index (χ0v) is 10.6. The Morgan fingerprint density at radius 3 is 2.94 bits per heavy atom. The smallest absolute Gasteiger partial charge is 0.218 e. The van der Waals surface area contributed by atoms with Crippen molar-refractivity contribution in [3.05, 3.63) is 28.5 Å². The van der Waals surface area contributed by atoms with E-state index in [4.69, 9.17) is 4.74 Å². The van der Waals surface area contributed by atoms with Gasteiger partial charge in [0.05, 0.1) is 13.2 Å². The molecule has 0 amide bonds. The Morgan fingerprint density at radius 2 is 2.24 bits per heavy atom. The molecule has 2 heterocycles. The average Bonchev–Trinajstić information content (AvgIpc) is 2.74. The number of ether oxygens (including phenoxy) is 1. The molecule has 2 rings (SSSR count). The molecule has 0 spiro atoms. The van der Waals surface area contributed by atoms with Gasteiger partial charge in [0.1, 0.15) is 17.2 Å². The predicted octanol–water partition coefficient (Wildman–Crippen LogP) is 2.25. The SMILES string of the molecule is CCOc1cc(NCc2ncc(C)s2)ncn1. The van der Waals surface area contributed by atoms with Crippen molar-refractivity contribution in [2.75, 3.05) is 11.9 Å². The van der Waals surface area contributed by atoms with Gasteiger partial charge < -0.3 is 10.1 Å². The van der Waals surface area contributed by atoms with Crippen LogP contribution >= 0.6 is 11.3 Å². The maximum atomic E-state index is 5.30. The summed E-state index contributed by atoms with van der Waals surface area (Å²) in [5.74, 6) is 1.33. The van der Waals surface area contributed by atoms with Crippen molar-refractivity contribution in [2.24, 2.45) is 0 Å². The number of aryl methyl sites for hydroxylation is 1. The van der Waals surface area contributed by atoms with Gasteiger partial charge in [0, 0.05) is 17.1 Å². The second-order valence-corrected chi connectivity index (χ2v) is 4.71. The van der Waals surface area contributed by atoms with E-state index < -0.39 is 0 Å². The standard InChI is InChI=1S/C11H14N4OS/c1-3-16-10-4-9(14-7-15-10)12-6-11-13-5-8(2)17-11/h4-5,7H,3,6H2,1-2H3,(H,12,14,15). The molecule has 0 saturated heterocycles. The quantitative estimate of drug-likeness (QED) is 0.882. The first kappa shape index (κ1) is 11.8. The van der Waals surface area contributed by atoms with Gasteiger partial charge >= 0.3 is 0 Å². The monoisotopic (exact) mass is 250 g/mol. The lowest BCUT2D eigenvalue weighted by molar-refractivity contribution is 0.326. The van der Waals surface area contributed by atoms with Crippen molar-refractivity contribution >= 4 is 17.2 Å². The highest BCUT2D eigenvalue weighted by molar-refractivity contribution is 7.11. The topological polar surface area (TPSA) is 59.9 Å². The van der Waals surface area contributed by atoms with Crippen LogP contribution in [-0.2, 0) is 6.54 Å². The van der Waals surface area contributed by atoms with E-state index in [0.717, 1.165) is 10.8 Å². The molecule has 5 nitrogen and oxygen atoms in total. The molecule has 0 bridgehead atoms. The number of aromatic nitrogens is 3. The maximum Gasteiger partial charge on any atom is 0.218 e. The molecule has 0 aliphatic rings. The summed E-state index contributed by atoms with van der Waals surface area (Å²) in [5.41, 5.74) is 0. The predicted molar refractivity (Wildman–Crippen MR) is 67.4 cm³/mol. The van der Waals surface area contributed by atoms with E-state index in [9.17, 15) is 0 Å². The Labute approximate surface area is 104 Å². The van der Waals surface area contributed by atoms with Gasteiger partial charge in [0.2, 0.25) is 5.88 Å². The van der Waals surface area contributed by atoms with Crippen molar-refractivity contribution in [1.82, 2.24) is 15.0 Å². The number of rotatable bonds is 5. The molecule has 0 atom stereocenters. The summed E-state index contributed by atoms with van der Waals surface area (Å²) < 4.78 is 5.30. The lowest BCUT2D eigenvalue weighted by Crippen LogP contribution is -2.02. The summed E-state index contributed by atoms with van der Waals surface area (Å²) in [7, 11) is 0. The number of anilines is 1. The number of thiazole rings is 1. The zero-order chi connectivity index (χ0) is 12.1. The van der Waals surface area contributed by atoms with Gasteiger partial charge in [0.15, 0.2) is 0 Å². The maximum absolute atomic E-state index is 5.30. The van der Waals surface area contributed by atoms with Gasteiger partial charge in [-0.3, -0.25) is 0 Å². The van der Waals surface area contributed by atoms with Crippen molar-refractivity contribution in [3.8, 4) is 5.88 Å². The fraction of sp³-hybridized carbons (Fsp3) is 0.364. The summed E-state index contributed by atoms with van der Waals surface area (Å²) in [6, 6.07) is 1.78. The van der Waals surface area contributed by atoms with E-state index in [2.05, 4.69) is 20.3 Å². The third kappa shape index (κ3) is 3.39. The van der Waals surface area contributed by atoms with E-state index in [0.29, 0.717) is 19.0 Å². The Kier molecular flexibility index (Phi) is 3.87. The number of nitrogens with one attached hydrogen (secondary N) is 1. The molecule has 90 valence electrons. The van der Waals surface area contributed by atoms with Crippen LogP contribution in [0.1, 0.15) is 16.8 Å². The van der Waals surface area contributed by atoms with Crippen LogP contribution in [0, 0.1) is 6.92 Å². The molecule has 17 heavy (non-hydrogen) atoms. The van der Waals surface area contributed by atoms with E-state index in [1.165, 1.54) is 11.2 Å². The Bertz CT molecular complexity index is 486. The van der Waals surface area contributed by atoms with Crippen LogP contribution < -0.4 is 10.1 Å². The summed E-state index contributed by atoms with van der Waals surface area (Å²) in [6.07, 6.45) is 3.35. The first-order chi connectivity index (χ1) is 8.28. The van der Waals surface area contributed by atoms with Crippen LogP contribution in [0.5, 0.6) is 5.88 Å². The molecule has 0 aromatic carbocycles. The molecule has 0 unspecified atom stereocenters. The lowest BCUT2D eigenvalue weighted by atomic mass is 10.5. The van der Waals surface area contributed by atoms with Crippen LogP contribution in [-0.4, -0.2) is 21.6 Å². The van der Waals surface area contributed by atoms with E-state index in [-0.39, 0.29) is 0 Å². The molecule has 0 saturated carbocycles. The fourth-order valence-electron chi connectivity index (χ4n) is 1.31. The van der Waals surface area contributed by atoms with Gasteiger partial charge in [-0.15, -0.1) is 11.3 Å². The molecular weight excluding hydrogens is 236 g/mol. The largest absolute Gasteiger partial charge is 0.478 e. The van der Waals surface area contributed by atoms with E-state index in [1.807, 2.05) is 20.0 Å². The van der Waals surface area contributed by atoms with Gasteiger partial charge in [-0.25, -0.2) is 15.0 Å². The number of hydrogen-bond acceptors (Lipinski definition) is 6. The second-order valence-electron chi connectivity index (χ2n) is 3.39. The lowest BCUT2D eigenvalue weighted by Gasteiger charge is -2.05. The minimum Gasteiger partial charge on any atom is -0.478 e. The summed E-state index contributed by atoms with van der Waals surface area (Å²) >= 11 is 1.67. The van der Waals surface area contributed by atoms with Crippen LogP contribution in [0.25, 0.3) is 0 Å². The highest BCUT2D eigenvalue weighted by atomic mass is 32.1. The molecule has 1 N–H and O–H groups in total. The zero-order valence-electron chi connectivity index (χ0n) is 9.80. The van der Waals surface area contributed by atoms with Gasteiger partial charge in [-0.1, -0.05) is 0 Å². The molecule has 0 radical (unpaired) electrons. The molecule has 6 heteroatoms. The summed E-state index contributed by atoms with van der Waals surface area (Å²) in [5, 5.41) is 4.23. The number of nitrogens with zero attached hydrogens (tertiary/aromatic N) is 3. The van der Waals surface area contributed by atoms with Gasteiger partial charge in [-0.05, 0) is 13.8 Å². The molecule has 2 aromatic heterocycles. The van der Waals surface area contributed by atoms with Crippen molar-refractivity contribution in [2.45, 2.75) is 20.4 Å². The minimum absolute atomic E-state index is 0.584. The van der Waals surface area contributed by atoms with Crippen LogP contribution in [0.3, 0.4) is 0 Å². The molecule has 0 fully saturated rings. The van der Waals surface area contributed by atoms with Crippen LogP contribution in [0.4, 0.5) is 5.82 Å². The summed E-state index contributed by atoms with van der Waals surface area (Å²) in [4.78, 5) is 13.6. The normalized spacial score (nSPS) is 10.2. The highest BCUT2D eigenvalue weighted by Gasteiger charge is 2.01. The summed E-state index contributed by atoms with van der Waals surface area (Å²) in [6.45, 7) is 5.23. The van der Waals surface area contributed by atoms with Crippen molar-refractivity contribution in [3.63, 3.8) is 0 Å². The van der Waals surface area contributed by atoms with Gasteiger partial charge in [-0.2, -0.15) is 0 Å². The van der Waals surface area contributed by atoms with Crippen molar-refractivity contribution < 1.29 is 4.74 Å². The van der Waals surface area contributed by atoms with E-state index in [1.54, 1.807) is 17.4 Å². The van der Waals surface area contributed by atoms with E-state index >= 15 is 0 Å². The highest BCUT2D eigenvalue weighted by Crippen LogP contribution is 2.15. The third-order valence-electron chi connectivity index (χ3n) is 2.02. The average molecular weight is 250 g/mol. The molecule has 0 aliphatic carbocycles. The van der Waals surface area contributed by atoms with Crippen molar-refractivity contribution in [1.29, 1.82) is 0 Å². The first-order valence-corrected chi connectivity index (χ1v) is 6.19. The second kappa shape index (κ2) is 5.58. The number of hydrogen-bond donors (Lipinski definition) is 1. The Balaban J connectivity index is 1.96. The minimum atomic E-state index is 0.584.